The van der Waals surface area contributed by atoms with Crippen molar-refractivity contribution in [1.29, 1.82) is 0 Å². The highest BCUT2D eigenvalue weighted by atomic mass is 35.5. The lowest BCUT2D eigenvalue weighted by Gasteiger charge is -2.09. The number of alkyl halides is 1. The highest BCUT2D eigenvalue weighted by Crippen LogP contribution is 2.27. The highest BCUT2D eigenvalue weighted by Gasteiger charge is 2.15. The number of ether oxygens (including phenoxy) is 1. The monoisotopic (exact) mass is 412 g/mol. The van der Waals surface area contributed by atoms with Crippen molar-refractivity contribution in [3.63, 3.8) is 0 Å². The Morgan fingerprint density at radius 1 is 0.897 bits per heavy atom. The molecule has 0 radical (unpaired) electrons. The minimum atomic E-state index is 0.500. The third-order valence-electron chi connectivity index (χ3n) is 4.04. The molecule has 3 aromatic heterocycles. The molecular formula is C20H18ClFN6O. The number of rotatable bonds is 4. The summed E-state index contributed by atoms with van der Waals surface area (Å²) in [4.78, 5) is 13.2. The summed E-state index contributed by atoms with van der Waals surface area (Å²) in [5.41, 5.74) is 2.93. The lowest BCUT2D eigenvalue weighted by atomic mass is 10.1. The lowest BCUT2D eigenvalue weighted by molar-refractivity contribution is 0.398. The van der Waals surface area contributed by atoms with Gasteiger partial charge >= 0.3 is 0 Å². The number of halogens is 2. The number of methoxy groups -OCH3 is 1. The fourth-order valence-electron chi connectivity index (χ4n) is 2.71. The molecule has 0 aliphatic carbocycles. The second-order valence-electron chi connectivity index (χ2n) is 5.73. The zero-order valence-corrected chi connectivity index (χ0v) is 16.8. The van der Waals surface area contributed by atoms with E-state index in [1.165, 1.54) is 0 Å². The van der Waals surface area contributed by atoms with Crippen molar-refractivity contribution in [2.24, 2.45) is 0 Å². The fourth-order valence-corrected chi connectivity index (χ4v) is 2.95. The number of benzene rings is 1. The molecule has 0 saturated carbocycles. The van der Waals surface area contributed by atoms with E-state index in [0.29, 0.717) is 41.1 Å². The number of nitrogens with zero attached hydrogens (tertiary/aromatic N) is 6. The van der Waals surface area contributed by atoms with Crippen LogP contribution in [0.1, 0.15) is 5.82 Å². The van der Waals surface area contributed by atoms with Gasteiger partial charge in [0.25, 0.3) is 0 Å². The summed E-state index contributed by atoms with van der Waals surface area (Å²) in [6.45, 7) is 1.87. The molecule has 0 saturated heterocycles. The first kappa shape index (κ1) is 20.3. The second kappa shape index (κ2) is 9.20. The lowest BCUT2D eigenvalue weighted by Crippen LogP contribution is -2.02. The molecule has 4 rings (SSSR count). The molecule has 0 aliphatic heterocycles. The number of aromatic nitrogens is 6. The molecular weight excluding hydrogens is 395 g/mol. The summed E-state index contributed by atoms with van der Waals surface area (Å²) in [7, 11) is 2.08. The highest BCUT2D eigenvalue weighted by molar-refractivity contribution is 6.33. The Hall–Kier alpha value is -3.39. The van der Waals surface area contributed by atoms with Gasteiger partial charge in [-0.15, -0.1) is 10.2 Å². The smallest absolute Gasteiger partial charge is 0.213 e. The molecule has 7 nitrogen and oxygen atoms in total. The maximum atomic E-state index is 9.50. The fraction of sp³-hybridized carbons (Fsp3) is 0.150. The Morgan fingerprint density at radius 2 is 1.62 bits per heavy atom. The zero-order valence-electron chi connectivity index (χ0n) is 16.0. The maximum Gasteiger partial charge on any atom is 0.213 e. The summed E-state index contributed by atoms with van der Waals surface area (Å²) >= 11 is 6.24. The van der Waals surface area contributed by atoms with Crippen LogP contribution in [-0.2, 0) is 0 Å². The van der Waals surface area contributed by atoms with Gasteiger partial charge < -0.3 is 4.74 Å². The molecule has 3 heterocycles. The number of hydrogen-bond acceptors (Lipinski definition) is 6. The average molecular weight is 413 g/mol. The summed E-state index contributed by atoms with van der Waals surface area (Å²) in [6, 6.07) is 11.2. The van der Waals surface area contributed by atoms with Crippen LogP contribution in [0.15, 0.2) is 55.0 Å². The van der Waals surface area contributed by atoms with Crippen LogP contribution < -0.4 is 4.74 Å². The summed E-state index contributed by atoms with van der Waals surface area (Å²) in [6.07, 6.45) is 5.04. The zero-order chi connectivity index (χ0) is 20.8. The Kier molecular flexibility index (Phi) is 6.46. The van der Waals surface area contributed by atoms with Crippen molar-refractivity contribution >= 4 is 11.6 Å². The molecule has 9 heteroatoms. The summed E-state index contributed by atoms with van der Waals surface area (Å²) < 4.78 is 16.5. The van der Waals surface area contributed by atoms with Crippen LogP contribution in [0.4, 0.5) is 4.39 Å². The number of hydrogen-bond donors (Lipinski definition) is 0. The number of pyridine rings is 1. The van der Waals surface area contributed by atoms with Crippen molar-refractivity contribution in [3.8, 4) is 34.3 Å². The summed E-state index contributed by atoms with van der Waals surface area (Å²) in [5, 5.41) is 9.05. The molecule has 148 valence electrons. The van der Waals surface area contributed by atoms with Gasteiger partial charge in [-0.05, 0) is 19.1 Å². The molecule has 0 atom stereocenters. The largest absolute Gasteiger partial charge is 0.481 e. The average Bonchev–Trinajstić information content (AvgIpc) is 3.17. The minimum Gasteiger partial charge on any atom is -0.481 e. The van der Waals surface area contributed by atoms with Gasteiger partial charge in [-0.25, -0.2) is 9.97 Å². The van der Waals surface area contributed by atoms with Gasteiger partial charge in [0.15, 0.2) is 5.82 Å². The Balaban J connectivity index is 0.00000117. The molecule has 0 fully saturated rings. The van der Waals surface area contributed by atoms with E-state index in [1.54, 1.807) is 31.8 Å². The summed E-state index contributed by atoms with van der Waals surface area (Å²) in [5.74, 6) is 1.83. The van der Waals surface area contributed by atoms with E-state index in [0.717, 1.165) is 11.3 Å². The third kappa shape index (κ3) is 4.22. The molecule has 0 spiro atoms. The van der Waals surface area contributed by atoms with Crippen molar-refractivity contribution in [1.82, 2.24) is 29.7 Å². The maximum absolute atomic E-state index is 9.50. The third-order valence-corrected chi connectivity index (χ3v) is 4.37. The van der Waals surface area contributed by atoms with E-state index in [4.69, 9.17) is 16.3 Å². The van der Waals surface area contributed by atoms with Gasteiger partial charge in [0.1, 0.15) is 11.5 Å². The van der Waals surface area contributed by atoms with E-state index >= 15 is 0 Å². The minimum absolute atomic E-state index is 0.500. The van der Waals surface area contributed by atoms with E-state index in [2.05, 4.69) is 25.1 Å². The molecule has 0 N–H and O–H groups in total. The predicted molar refractivity (Wildman–Crippen MR) is 109 cm³/mol. The van der Waals surface area contributed by atoms with Crippen molar-refractivity contribution in [2.45, 2.75) is 6.92 Å². The molecule has 0 bridgehead atoms. The van der Waals surface area contributed by atoms with Crippen molar-refractivity contribution in [3.05, 3.63) is 65.8 Å². The number of aryl methyl sites for hydroxylation is 1. The van der Waals surface area contributed by atoms with Crippen LogP contribution in [0.2, 0.25) is 5.02 Å². The predicted octanol–water partition coefficient (Wildman–Crippen LogP) is 4.34. The topological polar surface area (TPSA) is 78.6 Å². The van der Waals surface area contributed by atoms with Gasteiger partial charge in [-0.3, -0.25) is 13.9 Å². The van der Waals surface area contributed by atoms with Crippen LogP contribution >= 0.6 is 11.6 Å². The Bertz CT molecular complexity index is 1080. The van der Waals surface area contributed by atoms with Crippen LogP contribution in [0, 0.1) is 6.92 Å². The first-order valence-electron chi connectivity index (χ1n) is 8.55. The first-order chi connectivity index (χ1) is 14.2. The van der Waals surface area contributed by atoms with Gasteiger partial charge in [0, 0.05) is 11.6 Å². The molecule has 29 heavy (non-hydrogen) atoms. The van der Waals surface area contributed by atoms with E-state index in [-0.39, 0.29) is 0 Å². The van der Waals surface area contributed by atoms with Gasteiger partial charge in [0.2, 0.25) is 5.88 Å². The quantitative estimate of drug-likeness (QED) is 0.496. The van der Waals surface area contributed by atoms with Crippen LogP contribution in [0.25, 0.3) is 28.5 Å². The van der Waals surface area contributed by atoms with E-state index in [9.17, 15) is 4.39 Å². The van der Waals surface area contributed by atoms with Crippen molar-refractivity contribution in [2.75, 3.05) is 14.3 Å². The first-order valence-corrected chi connectivity index (χ1v) is 8.92. The van der Waals surface area contributed by atoms with Crippen LogP contribution in [0.3, 0.4) is 0 Å². The molecule has 0 unspecified atom stereocenters. The molecule has 0 amide bonds. The Morgan fingerprint density at radius 3 is 2.24 bits per heavy atom. The van der Waals surface area contributed by atoms with Crippen LogP contribution in [0.5, 0.6) is 5.88 Å². The van der Waals surface area contributed by atoms with Crippen LogP contribution in [-0.4, -0.2) is 44.0 Å². The van der Waals surface area contributed by atoms with Gasteiger partial charge in [-0.2, -0.15) is 0 Å². The van der Waals surface area contributed by atoms with Gasteiger partial charge in [0.05, 0.1) is 49.3 Å². The standard InChI is InChI=1S/C19H15ClN6O.CH3F/c1-12-24-25-19(26(12)13-7-8-18(27-2)23-9-13)17-11-21-16(10-22-17)14-5-3-4-6-15(14)20;1-2/h3-11H,1-2H3;1H3. The molecule has 4 aromatic rings. The van der Waals surface area contributed by atoms with Gasteiger partial charge in [-0.1, -0.05) is 29.8 Å². The second-order valence-corrected chi connectivity index (χ2v) is 6.14. The normalized spacial score (nSPS) is 10.2. The van der Waals surface area contributed by atoms with E-state index < -0.39 is 0 Å². The molecule has 1 aromatic carbocycles. The Labute approximate surface area is 172 Å². The molecule has 0 aliphatic rings. The SMILES string of the molecule is CF.COc1ccc(-n2c(C)nnc2-c2cnc(-c3ccccc3Cl)cn2)cn1. The van der Waals surface area contributed by atoms with E-state index in [1.807, 2.05) is 41.8 Å². The van der Waals surface area contributed by atoms with Crippen molar-refractivity contribution < 1.29 is 9.13 Å².